The van der Waals surface area contributed by atoms with Crippen molar-refractivity contribution in [2.45, 2.75) is 0 Å². The molecule has 1 aliphatic heterocycles. The van der Waals surface area contributed by atoms with E-state index < -0.39 is 5.97 Å². The van der Waals surface area contributed by atoms with Gasteiger partial charge >= 0.3 is 5.97 Å². The summed E-state index contributed by atoms with van der Waals surface area (Å²) in [6.45, 7) is -0.0990. The third-order valence-electron chi connectivity index (χ3n) is 3.98. The molecule has 122 valence electrons. The molecule has 24 heavy (non-hydrogen) atoms. The van der Waals surface area contributed by atoms with Gasteiger partial charge in [-0.3, -0.25) is 10.4 Å². The molecule has 0 aromatic heterocycles. The number of carboxylic acid groups (broad SMARTS) is 1. The molecule has 0 unspecified atom stereocenters. The highest BCUT2D eigenvalue weighted by Crippen LogP contribution is 2.48. The molecule has 3 aromatic rings. The van der Waals surface area contributed by atoms with Crippen LogP contribution < -0.4 is 19.8 Å². The number of carboxylic acids is 1. The number of carbonyl (C=O) groups is 1. The predicted molar refractivity (Wildman–Crippen MR) is 80.0 cm³/mol. The molecular weight excluding hydrogens is 318 g/mol. The summed E-state index contributed by atoms with van der Waals surface area (Å²) in [5.41, 5.74) is -0.438. The number of rotatable bonds is 2. The molecule has 8 nitrogen and oxygen atoms in total. The largest absolute Gasteiger partial charge is 0.872 e. The van der Waals surface area contributed by atoms with Crippen molar-refractivity contribution in [2.24, 2.45) is 0 Å². The van der Waals surface area contributed by atoms with E-state index >= 15 is 0 Å². The Hall–Kier alpha value is -3.23. The van der Waals surface area contributed by atoms with Crippen molar-refractivity contribution < 1.29 is 34.9 Å². The highest BCUT2D eigenvalue weighted by molar-refractivity contribution is 6.22. The zero-order chi connectivity index (χ0) is 17.0. The third kappa shape index (κ3) is 1.84. The number of hydrogen-bond donors (Lipinski definition) is 3. The molecule has 3 N–H and O–H groups in total. The maximum Gasteiger partial charge on any atom is 0.336 e. The molecule has 0 atom stereocenters. The van der Waals surface area contributed by atoms with Gasteiger partial charge in [-0.1, -0.05) is 18.2 Å². The molecule has 3 aromatic carbocycles. The molecule has 0 saturated heterocycles. The number of aromatic carboxylic acids is 1. The minimum Gasteiger partial charge on any atom is -0.872 e. The zero-order valence-electron chi connectivity index (χ0n) is 12.0. The van der Waals surface area contributed by atoms with Crippen molar-refractivity contribution >= 4 is 33.2 Å². The SMILES string of the molecule is O=C(O)c1cc2c(c3c1c(N(O)O)cc1c([O-])cccc13)OCO2. The fourth-order valence-corrected chi connectivity index (χ4v) is 3.01. The fourth-order valence-electron chi connectivity index (χ4n) is 3.01. The second kappa shape index (κ2) is 4.88. The van der Waals surface area contributed by atoms with Crippen LogP contribution in [0.2, 0.25) is 0 Å². The minimum atomic E-state index is -1.28. The van der Waals surface area contributed by atoms with Gasteiger partial charge in [0.15, 0.2) is 11.5 Å². The maximum atomic E-state index is 12.1. The van der Waals surface area contributed by atoms with Gasteiger partial charge < -0.3 is 19.7 Å². The Kier molecular flexibility index (Phi) is 2.92. The molecule has 0 saturated carbocycles. The number of ether oxygens (including phenoxy) is 2. The Labute approximate surface area is 134 Å². The van der Waals surface area contributed by atoms with E-state index in [1.807, 2.05) is 0 Å². The normalized spacial score (nSPS) is 12.8. The first kappa shape index (κ1) is 14.4. The smallest absolute Gasteiger partial charge is 0.336 e. The van der Waals surface area contributed by atoms with Crippen molar-refractivity contribution in [3.8, 4) is 17.2 Å². The van der Waals surface area contributed by atoms with E-state index in [0.29, 0.717) is 5.39 Å². The Morgan fingerprint density at radius 1 is 1.12 bits per heavy atom. The minimum absolute atomic E-state index is 0.0369. The predicted octanol–water partition coefficient (Wildman–Crippen LogP) is 2.08. The summed E-state index contributed by atoms with van der Waals surface area (Å²) in [6, 6.07) is 6.99. The Bertz CT molecular complexity index is 1010. The van der Waals surface area contributed by atoms with Crippen LogP contribution in [0.1, 0.15) is 10.4 Å². The summed E-state index contributed by atoms with van der Waals surface area (Å²) >= 11 is 0. The Morgan fingerprint density at radius 3 is 2.62 bits per heavy atom. The highest BCUT2D eigenvalue weighted by Gasteiger charge is 2.27. The van der Waals surface area contributed by atoms with Gasteiger partial charge in [-0.05, 0) is 22.9 Å². The van der Waals surface area contributed by atoms with E-state index in [4.69, 9.17) is 9.47 Å². The Morgan fingerprint density at radius 2 is 1.92 bits per heavy atom. The summed E-state index contributed by atoms with van der Waals surface area (Å²) in [6.07, 6.45) is 0. The molecule has 0 bridgehead atoms. The maximum absolute atomic E-state index is 12.1. The van der Waals surface area contributed by atoms with E-state index in [1.165, 1.54) is 24.3 Å². The van der Waals surface area contributed by atoms with Crippen LogP contribution in [0.15, 0.2) is 30.3 Å². The Balaban J connectivity index is 2.33. The van der Waals surface area contributed by atoms with Crippen molar-refractivity contribution in [3.63, 3.8) is 0 Å². The van der Waals surface area contributed by atoms with Crippen LogP contribution in [0.5, 0.6) is 17.2 Å². The van der Waals surface area contributed by atoms with E-state index in [9.17, 15) is 25.4 Å². The van der Waals surface area contributed by atoms with Crippen LogP contribution in [0.4, 0.5) is 5.69 Å². The number of anilines is 1. The van der Waals surface area contributed by atoms with Gasteiger partial charge in [0.2, 0.25) is 6.79 Å². The highest BCUT2D eigenvalue weighted by atomic mass is 16.8. The van der Waals surface area contributed by atoms with E-state index in [1.54, 1.807) is 6.07 Å². The average molecular weight is 328 g/mol. The van der Waals surface area contributed by atoms with E-state index in [2.05, 4.69) is 0 Å². The summed E-state index contributed by atoms with van der Waals surface area (Å²) in [5, 5.41) is 41.5. The van der Waals surface area contributed by atoms with Crippen LogP contribution >= 0.6 is 0 Å². The van der Waals surface area contributed by atoms with Gasteiger partial charge in [0.25, 0.3) is 0 Å². The lowest BCUT2D eigenvalue weighted by Crippen LogP contribution is -2.13. The molecule has 0 fully saturated rings. The lowest BCUT2D eigenvalue weighted by atomic mass is 9.95. The topological polar surface area (TPSA) is 123 Å². The van der Waals surface area contributed by atoms with Gasteiger partial charge in [-0.15, -0.1) is 11.0 Å². The van der Waals surface area contributed by atoms with Crippen LogP contribution in [0.3, 0.4) is 0 Å². The standard InChI is InChI=1S/C16H11NO7/c18-11-3-1-2-7-8(11)4-10(17(21)22)13-9(16(19)20)5-12-15(14(7)13)24-6-23-12/h1-5,18,21-22H,6H2,(H,19,20)/p-1. The number of benzene rings is 3. The van der Waals surface area contributed by atoms with Crippen molar-refractivity contribution in [2.75, 3.05) is 12.0 Å². The molecule has 0 spiro atoms. The zero-order valence-corrected chi connectivity index (χ0v) is 12.0. The van der Waals surface area contributed by atoms with Crippen molar-refractivity contribution in [1.82, 2.24) is 0 Å². The lowest BCUT2D eigenvalue weighted by Gasteiger charge is -2.19. The summed E-state index contributed by atoms with van der Waals surface area (Å²) in [5.74, 6) is -1.14. The van der Waals surface area contributed by atoms with Gasteiger partial charge in [0, 0.05) is 10.8 Å². The summed E-state index contributed by atoms with van der Waals surface area (Å²) in [7, 11) is 0. The monoisotopic (exact) mass is 328 g/mol. The molecule has 1 aliphatic rings. The lowest BCUT2D eigenvalue weighted by molar-refractivity contribution is -0.265. The van der Waals surface area contributed by atoms with Gasteiger partial charge in [0.05, 0.1) is 5.56 Å². The second-order valence-corrected chi connectivity index (χ2v) is 5.25. The van der Waals surface area contributed by atoms with Gasteiger partial charge in [-0.25, -0.2) is 4.79 Å². The first-order valence-corrected chi connectivity index (χ1v) is 6.89. The molecule has 4 rings (SSSR count). The first-order valence-electron chi connectivity index (χ1n) is 6.89. The molecule has 8 heteroatoms. The van der Waals surface area contributed by atoms with Crippen molar-refractivity contribution in [3.05, 3.63) is 35.9 Å². The van der Waals surface area contributed by atoms with Crippen LogP contribution in [0.25, 0.3) is 21.5 Å². The molecule has 0 radical (unpaired) electrons. The molecule has 0 aliphatic carbocycles. The average Bonchev–Trinajstić information content (AvgIpc) is 3.01. The van der Waals surface area contributed by atoms with Gasteiger partial charge in [-0.2, -0.15) is 0 Å². The quantitative estimate of drug-likeness (QED) is 0.483. The van der Waals surface area contributed by atoms with Crippen molar-refractivity contribution in [1.29, 1.82) is 0 Å². The second-order valence-electron chi connectivity index (χ2n) is 5.25. The van der Waals surface area contributed by atoms with Crippen LogP contribution in [-0.2, 0) is 0 Å². The number of hydrogen-bond acceptors (Lipinski definition) is 7. The van der Waals surface area contributed by atoms with Crippen LogP contribution in [-0.4, -0.2) is 28.3 Å². The van der Waals surface area contributed by atoms with E-state index in [-0.39, 0.29) is 56.7 Å². The third-order valence-corrected chi connectivity index (χ3v) is 3.98. The number of fused-ring (bicyclic) bond motifs is 5. The molecular formula is C16H10NO7-. The number of nitrogens with zero attached hydrogens (tertiary/aromatic N) is 1. The summed E-state index contributed by atoms with van der Waals surface area (Å²) < 4.78 is 10.7. The summed E-state index contributed by atoms with van der Waals surface area (Å²) in [4.78, 5) is 11.7. The van der Waals surface area contributed by atoms with Crippen LogP contribution in [0, 0.1) is 0 Å². The molecule has 0 amide bonds. The van der Waals surface area contributed by atoms with E-state index in [0.717, 1.165) is 0 Å². The fraction of sp³-hybridized carbons (Fsp3) is 0.0625. The molecule has 1 heterocycles. The first-order chi connectivity index (χ1) is 11.5. The van der Waals surface area contributed by atoms with Gasteiger partial charge in [0.1, 0.15) is 5.69 Å².